The van der Waals surface area contributed by atoms with Crippen molar-refractivity contribution < 1.29 is 4.74 Å². The zero-order valence-corrected chi connectivity index (χ0v) is 8.41. The van der Waals surface area contributed by atoms with Gasteiger partial charge in [-0.25, -0.2) is 0 Å². The normalized spacial score (nSPS) is 9.73. The largest absolute Gasteiger partial charge is 0.496 e. The molecular weight excluding hydrogens is 226 g/mol. The van der Waals surface area contributed by atoms with Gasteiger partial charge in [-0.1, -0.05) is 0 Å². The van der Waals surface area contributed by atoms with Gasteiger partial charge in [-0.3, -0.25) is 5.14 Å². The average molecular weight is 234 g/mol. The molecule has 1 rings (SSSR count). The van der Waals surface area contributed by atoms with Crippen molar-refractivity contribution >= 4 is 27.9 Å². The van der Waals surface area contributed by atoms with Crippen LogP contribution in [-0.4, -0.2) is 7.11 Å². The molecule has 0 fully saturated rings. The van der Waals surface area contributed by atoms with Crippen molar-refractivity contribution in [2.75, 3.05) is 7.11 Å². The molecule has 2 nitrogen and oxygen atoms in total. The summed E-state index contributed by atoms with van der Waals surface area (Å²) in [5.74, 6) is 0.806. The Morgan fingerprint density at radius 1 is 1.55 bits per heavy atom. The van der Waals surface area contributed by atoms with Gasteiger partial charge in [0.05, 0.1) is 11.6 Å². The van der Waals surface area contributed by atoms with Crippen molar-refractivity contribution in [1.82, 2.24) is 0 Å². The predicted octanol–water partition coefficient (Wildman–Crippen LogP) is 2.42. The summed E-state index contributed by atoms with van der Waals surface area (Å²) in [6.45, 7) is 0. The first-order valence-corrected chi connectivity index (χ1v) is 4.65. The van der Waals surface area contributed by atoms with Crippen LogP contribution in [0, 0.1) is 0 Å². The van der Waals surface area contributed by atoms with Crippen LogP contribution in [0.2, 0.25) is 0 Å². The van der Waals surface area contributed by atoms with Gasteiger partial charge in [0.1, 0.15) is 5.75 Å². The van der Waals surface area contributed by atoms with E-state index in [4.69, 9.17) is 9.88 Å². The fraction of sp³-hybridized carbons (Fsp3) is 0.143. The second-order valence-electron chi connectivity index (χ2n) is 1.91. The second kappa shape index (κ2) is 3.99. The van der Waals surface area contributed by atoms with Crippen molar-refractivity contribution in [3.8, 4) is 5.75 Å². The summed E-state index contributed by atoms with van der Waals surface area (Å²) in [6, 6.07) is 5.72. The smallest absolute Gasteiger partial charge is 0.134 e. The third-order valence-corrected chi connectivity index (χ3v) is 2.44. The molecule has 0 unspecified atom stereocenters. The van der Waals surface area contributed by atoms with Crippen LogP contribution in [0.1, 0.15) is 0 Å². The Balaban J connectivity index is 3.02. The first-order chi connectivity index (χ1) is 5.27. The summed E-state index contributed by atoms with van der Waals surface area (Å²) < 4.78 is 6.01. The van der Waals surface area contributed by atoms with Crippen LogP contribution in [0.3, 0.4) is 0 Å². The fourth-order valence-electron chi connectivity index (χ4n) is 0.713. The van der Waals surface area contributed by atoms with E-state index in [1.165, 1.54) is 11.9 Å². The molecule has 0 saturated carbocycles. The molecule has 0 aliphatic carbocycles. The highest BCUT2D eigenvalue weighted by atomic mass is 79.9. The Morgan fingerprint density at radius 3 is 2.82 bits per heavy atom. The summed E-state index contributed by atoms with van der Waals surface area (Å²) in [5.41, 5.74) is 0. The third kappa shape index (κ3) is 2.12. The number of benzene rings is 1. The topological polar surface area (TPSA) is 35.2 Å². The monoisotopic (exact) mass is 233 g/mol. The van der Waals surface area contributed by atoms with E-state index < -0.39 is 0 Å². The maximum Gasteiger partial charge on any atom is 0.134 e. The Labute approximate surface area is 78.4 Å². The molecule has 1 aromatic carbocycles. The minimum absolute atomic E-state index is 0.806. The van der Waals surface area contributed by atoms with E-state index in [0.29, 0.717) is 0 Å². The molecule has 0 saturated heterocycles. The third-order valence-electron chi connectivity index (χ3n) is 1.26. The molecule has 0 bridgehead atoms. The number of rotatable bonds is 2. The van der Waals surface area contributed by atoms with E-state index in [-0.39, 0.29) is 0 Å². The van der Waals surface area contributed by atoms with Gasteiger partial charge in [-0.2, -0.15) is 0 Å². The molecule has 11 heavy (non-hydrogen) atoms. The molecule has 60 valence electrons. The molecule has 0 aromatic heterocycles. The standard InChI is InChI=1S/C7H8BrNOS/c1-10-7-4-5(11-9)2-3-6(7)8/h2-4H,9H2,1H3. The molecule has 0 heterocycles. The highest BCUT2D eigenvalue weighted by Gasteiger charge is 1.99. The van der Waals surface area contributed by atoms with Crippen molar-refractivity contribution in [2.24, 2.45) is 5.14 Å². The minimum atomic E-state index is 0.806. The molecule has 2 N–H and O–H groups in total. The van der Waals surface area contributed by atoms with Crippen LogP contribution < -0.4 is 9.88 Å². The summed E-state index contributed by atoms with van der Waals surface area (Å²) in [5, 5.41) is 5.37. The Morgan fingerprint density at radius 2 is 2.27 bits per heavy atom. The van der Waals surface area contributed by atoms with Gasteiger partial charge in [0, 0.05) is 4.90 Å². The molecule has 0 aliphatic heterocycles. The number of ether oxygens (including phenoxy) is 1. The Kier molecular flexibility index (Phi) is 3.23. The van der Waals surface area contributed by atoms with Gasteiger partial charge < -0.3 is 4.74 Å². The van der Waals surface area contributed by atoms with Crippen LogP contribution in [0.4, 0.5) is 0 Å². The zero-order valence-electron chi connectivity index (χ0n) is 6.00. The molecule has 0 amide bonds. The first-order valence-electron chi connectivity index (χ1n) is 2.98. The summed E-state index contributed by atoms with van der Waals surface area (Å²) >= 11 is 4.55. The van der Waals surface area contributed by atoms with Crippen LogP contribution in [0.5, 0.6) is 5.75 Å². The van der Waals surface area contributed by atoms with E-state index in [9.17, 15) is 0 Å². The number of methoxy groups -OCH3 is 1. The molecule has 0 spiro atoms. The maximum atomic E-state index is 5.37. The predicted molar refractivity (Wildman–Crippen MR) is 50.7 cm³/mol. The summed E-state index contributed by atoms with van der Waals surface area (Å²) in [4.78, 5) is 0.991. The number of halogens is 1. The number of nitrogens with two attached hydrogens (primary N) is 1. The molecular formula is C7H8BrNOS. The number of hydrogen-bond acceptors (Lipinski definition) is 3. The lowest BCUT2D eigenvalue weighted by Crippen LogP contribution is -1.86. The summed E-state index contributed by atoms with van der Waals surface area (Å²) in [6.07, 6.45) is 0. The lowest BCUT2D eigenvalue weighted by Gasteiger charge is -2.03. The van der Waals surface area contributed by atoms with Crippen LogP contribution in [0.15, 0.2) is 27.6 Å². The molecule has 4 heteroatoms. The van der Waals surface area contributed by atoms with E-state index >= 15 is 0 Å². The van der Waals surface area contributed by atoms with Gasteiger partial charge in [0.25, 0.3) is 0 Å². The molecule has 0 aliphatic rings. The van der Waals surface area contributed by atoms with Crippen LogP contribution in [-0.2, 0) is 0 Å². The molecule has 1 aromatic rings. The first kappa shape index (κ1) is 8.90. The minimum Gasteiger partial charge on any atom is -0.496 e. The van der Waals surface area contributed by atoms with Gasteiger partial charge in [-0.05, 0) is 46.1 Å². The summed E-state index contributed by atoms with van der Waals surface area (Å²) in [7, 11) is 1.63. The zero-order chi connectivity index (χ0) is 8.27. The maximum absolute atomic E-state index is 5.37. The highest BCUT2D eigenvalue weighted by Crippen LogP contribution is 2.28. The van der Waals surface area contributed by atoms with Crippen molar-refractivity contribution in [1.29, 1.82) is 0 Å². The van der Waals surface area contributed by atoms with Crippen molar-refractivity contribution in [3.63, 3.8) is 0 Å². The molecule has 0 radical (unpaired) electrons. The van der Waals surface area contributed by atoms with E-state index in [0.717, 1.165) is 15.1 Å². The van der Waals surface area contributed by atoms with Gasteiger partial charge in [-0.15, -0.1) is 0 Å². The van der Waals surface area contributed by atoms with E-state index in [2.05, 4.69) is 15.9 Å². The second-order valence-corrected chi connectivity index (χ2v) is 3.48. The van der Waals surface area contributed by atoms with Gasteiger partial charge >= 0.3 is 0 Å². The highest BCUT2D eigenvalue weighted by molar-refractivity contribution is 9.10. The number of hydrogen-bond donors (Lipinski definition) is 1. The van der Waals surface area contributed by atoms with Crippen molar-refractivity contribution in [3.05, 3.63) is 22.7 Å². The van der Waals surface area contributed by atoms with Gasteiger partial charge in [0.15, 0.2) is 0 Å². The van der Waals surface area contributed by atoms with Gasteiger partial charge in [0.2, 0.25) is 0 Å². The lowest BCUT2D eigenvalue weighted by molar-refractivity contribution is 0.411. The SMILES string of the molecule is COc1cc(SN)ccc1Br. The quantitative estimate of drug-likeness (QED) is 0.798. The van der Waals surface area contributed by atoms with E-state index in [1.54, 1.807) is 7.11 Å². The fourth-order valence-corrected chi connectivity index (χ4v) is 1.44. The van der Waals surface area contributed by atoms with E-state index in [1.807, 2.05) is 18.2 Å². The van der Waals surface area contributed by atoms with Crippen LogP contribution in [0.25, 0.3) is 0 Å². The Hall–Kier alpha value is -0.190. The molecule has 0 atom stereocenters. The Bertz CT molecular complexity index is 254. The lowest BCUT2D eigenvalue weighted by atomic mass is 10.3. The average Bonchev–Trinajstić information content (AvgIpc) is 2.05. The van der Waals surface area contributed by atoms with Crippen molar-refractivity contribution in [2.45, 2.75) is 4.90 Å². The van der Waals surface area contributed by atoms with Crippen LogP contribution >= 0.6 is 27.9 Å².